The number of hydrogen-bond acceptors (Lipinski definition) is 4. The maximum absolute atomic E-state index is 13.2. The summed E-state index contributed by atoms with van der Waals surface area (Å²) in [5.41, 5.74) is 0.960. The Morgan fingerprint density at radius 2 is 2.08 bits per heavy atom. The third-order valence-corrected chi connectivity index (χ3v) is 4.22. The Hall–Kier alpha value is -1.75. The fourth-order valence-electron chi connectivity index (χ4n) is 2.96. The van der Waals surface area contributed by atoms with Crippen LogP contribution in [0.1, 0.15) is 24.4 Å². The summed E-state index contributed by atoms with van der Waals surface area (Å²) in [5.74, 6) is 1.37. The molecule has 0 bridgehead atoms. The van der Waals surface area contributed by atoms with Crippen molar-refractivity contribution in [1.82, 2.24) is 25.0 Å². The number of nitrogens with zero attached hydrogens (tertiary/aromatic N) is 5. The summed E-state index contributed by atoms with van der Waals surface area (Å²) in [7, 11) is 3.61. The quantitative estimate of drug-likeness (QED) is 0.420. The monoisotopic (exact) mass is 474 g/mol. The zero-order chi connectivity index (χ0) is 17.8. The van der Waals surface area contributed by atoms with E-state index in [-0.39, 0.29) is 42.0 Å². The van der Waals surface area contributed by atoms with Crippen molar-refractivity contribution < 1.29 is 9.13 Å². The lowest BCUT2D eigenvalue weighted by Gasteiger charge is -2.38. The van der Waals surface area contributed by atoms with E-state index in [1.165, 1.54) is 18.5 Å². The van der Waals surface area contributed by atoms with Gasteiger partial charge in [-0.25, -0.2) is 9.37 Å². The number of hydrogen-bond donors (Lipinski definition) is 1. The first-order valence-electron chi connectivity index (χ1n) is 8.26. The van der Waals surface area contributed by atoms with E-state index in [4.69, 9.17) is 4.74 Å². The SMILES string of the molecule is CN=C(NCc1ncnn1C)N1CC(C)OC(c2ccc(F)cc2)C1.I. The number of aliphatic imine (C=N–C) groups is 1. The number of benzene rings is 1. The van der Waals surface area contributed by atoms with Gasteiger partial charge < -0.3 is 15.0 Å². The number of halogens is 2. The van der Waals surface area contributed by atoms with Crippen molar-refractivity contribution in [3.8, 4) is 0 Å². The predicted octanol–water partition coefficient (Wildman–Crippen LogP) is 2.11. The Labute approximate surface area is 169 Å². The molecule has 1 saturated heterocycles. The van der Waals surface area contributed by atoms with E-state index in [9.17, 15) is 4.39 Å². The molecule has 0 spiro atoms. The van der Waals surface area contributed by atoms with Gasteiger partial charge in [0.2, 0.25) is 0 Å². The molecular weight excluding hydrogens is 450 g/mol. The van der Waals surface area contributed by atoms with Crippen LogP contribution in [0, 0.1) is 5.82 Å². The van der Waals surface area contributed by atoms with Gasteiger partial charge in [0.25, 0.3) is 0 Å². The van der Waals surface area contributed by atoms with Crippen molar-refractivity contribution in [2.24, 2.45) is 12.0 Å². The van der Waals surface area contributed by atoms with Crippen molar-refractivity contribution >= 4 is 29.9 Å². The van der Waals surface area contributed by atoms with E-state index in [1.54, 1.807) is 23.9 Å². The molecule has 2 aromatic rings. The van der Waals surface area contributed by atoms with Gasteiger partial charge in [0, 0.05) is 20.6 Å². The maximum Gasteiger partial charge on any atom is 0.194 e. The van der Waals surface area contributed by atoms with Gasteiger partial charge in [0.05, 0.1) is 19.2 Å². The first-order chi connectivity index (χ1) is 12.1. The van der Waals surface area contributed by atoms with Crippen LogP contribution in [0.5, 0.6) is 0 Å². The molecule has 1 aromatic heterocycles. The maximum atomic E-state index is 13.2. The predicted molar refractivity (Wildman–Crippen MR) is 108 cm³/mol. The highest BCUT2D eigenvalue weighted by Crippen LogP contribution is 2.25. The molecule has 1 aliphatic heterocycles. The molecular formula is C17H24FIN6O. The molecule has 0 saturated carbocycles. The lowest BCUT2D eigenvalue weighted by molar-refractivity contribution is -0.0605. The average molecular weight is 474 g/mol. The smallest absolute Gasteiger partial charge is 0.194 e. The number of aromatic nitrogens is 3. The Kier molecular flexibility index (Phi) is 7.33. The minimum absolute atomic E-state index is 0. The van der Waals surface area contributed by atoms with Crippen molar-refractivity contribution in [3.63, 3.8) is 0 Å². The second-order valence-electron chi connectivity index (χ2n) is 6.09. The molecule has 26 heavy (non-hydrogen) atoms. The highest BCUT2D eigenvalue weighted by atomic mass is 127. The van der Waals surface area contributed by atoms with E-state index < -0.39 is 0 Å². The summed E-state index contributed by atoms with van der Waals surface area (Å²) >= 11 is 0. The van der Waals surface area contributed by atoms with Crippen molar-refractivity contribution in [2.45, 2.75) is 25.7 Å². The largest absolute Gasteiger partial charge is 0.367 e. The molecule has 0 amide bonds. The van der Waals surface area contributed by atoms with E-state index in [0.717, 1.165) is 23.9 Å². The fourth-order valence-corrected chi connectivity index (χ4v) is 2.96. The first-order valence-corrected chi connectivity index (χ1v) is 8.26. The number of nitrogens with one attached hydrogen (secondary N) is 1. The molecule has 3 rings (SSSR count). The summed E-state index contributed by atoms with van der Waals surface area (Å²) in [4.78, 5) is 10.7. The Morgan fingerprint density at radius 3 is 2.69 bits per heavy atom. The van der Waals surface area contributed by atoms with E-state index in [2.05, 4.69) is 25.3 Å². The second-order valence-corrected chi connectivity index (χ2v) is 6.09. The summed E-state index contributed by atoms with van der Waals surface area (Å²) in [5, 5.41) is 7.39. The summed E-state index contributed by atoms with van der Waals surface area (Å²) in [6, 6.07) is 6.46. The van der Waals surface area contributed by atoms with Gasteiger partial charge >= 0.3 is 0 Å². The lowest BCUT2D eigenvalue weighted by atomic mass is 10.1. The van der Waals surface area contributed by atoms with E-state index in [0.29, 0.717) is 13.1 Å². The van der Waals surface area contributed by atoms with Gasteiger partial charge in [-0.2, -0.15) is 5.10 Å². The zero-order valence-electron chi connectivity index (χ0n) is 15.1. The van der Waals surface area contributed by atoms with Crippen LogP contribution < -0.4 is 5.32 Å². The molecule has 1 aliphatic rings. The van der Waals surface area contributed by atoms with Crippen molar-refractivity contribution in [2.75, 3.05) is 20.1 Å². The number of guanidine groups is 1. The minimum atomic E-state index is -0.245. The van der Waals surface area contributed by atoms with Crippen LogP contribution in [0.3, 0.4) is 0 Å². The Balaban J connectivity index is 0.00000243. The summed E-state index contributed by atoms with van der Waals surface area (Å²) < 4.78 is 20.9. The minimum Gasteiger partial charge on any atom is -0.367 e. The molecule has 1 fully saturated rings. The number of morpholine rings is 1. The van der Waals surface area contributed by atoms with Crippen LogP contribution in [0.4, 0.5) is 4.39 Å². The fraction of sp³-hybridized carbons (Fsp3) is 0.471. The van der Waals surface area contributed by atoms with Crippen LogP contribution in [0.2, 0.25) is 0 Å². The van der Waals surface area contributed by atoms with Crippen LogP contribution in [-0.2, 0) is 18.3 Å². The Bertz CT molecular complexity index is 735. The Morgan fingerprint density at radius 1 is 1.35 bits per heavy atom. The molecule has 2 heterocycles. The normalized spacial score (nSPS) is 20.6. The molecule has 142 valence electrons. The second kappa shape index (κ2) is 9.26. The molecule has 0 aliphatic carbocycles. The molecule has 0 radical (unpaired) electrons. The molecule has 7 nitrogen and oxygen atoms in total. The standard InChI is InChI=1S/C17H23FN6O.HI/c1-12-9-24(10-15(25-12)13-4-6-14(18)7-5-13)17(19-2)20-8-16-21-11-22-23(16)3;/h4-7,11-12,15H,8-10H2,1-3H3,(H,19,20);1H. The summed E-state index contributed by atoms with van der Waals surface area (Å²) in [6.45, 7) is 3.94. The van der Waals surface area contributed by atoms with Gasteiger partial charge in [-0.1, -0.05) is 12.1 Å². The highest BCUT2D eigenvalue weighted by molar-refractivity contribution is 14.0. The number of rotatable bonds is 3. The lowest BCUT2D eigenvalue weighted by Crippen LogP contribution is -2.50. The van der Waals surface area contributed by atoms with Gasteiger partial charge in [-0.15, -0.1) is 24.0 Å². The average Bonchev–Trinajstić information content (AvgIpc) is 3.01. The molecule has 1 N–H and O–H groups in total. The topological polar surface area (TPSA) is 67.6 Å². The molecule has 1 aromatic carbocycles. The van der Waals surface area contributed by atoms with Crippen LogP contribution in [-0.4, -0.2) is 51.9 Å². The third kappa shape index (κ3) is 4.91. The molecule has 9 heteroatoms. The zero-order valence-corrected chi connectivity index (χ0v) is 17.4. The van der Waals surface area contributed by atoms with Gasteiger partial charge in [-0.05, 0) is 24.6 Å². The van der Waals surface area contributed by atoms with Crippen molar-refractivity contribution in [1.29, 1.82) is 0 Å². The van der Waals surface area contributed by atoms with Crippen LogP contribution >= 0.6 is 24.0 Å². The number of ether oxygens (including phenoxy) is 1. The van der Waals surface area contributed by atoms with Gasteiger partial charge in [-0.3, -0.25) is 9.67 Å². The van der Waals surface area contributed by atoms with Gasteiger partial charge in [0.15, 0.2) is 5.96 Å². The highest BCUT2D eigenvalue weighted by Gasteiger charge is 2.28. The van der Waals surface area contributed by atoms with Crippen LogP contribution in [0.25, 0.3) is 0 Å². The first kappa shape index (κ1) is 20.6. The van der Waals surface area contributed by atoms with Crippen LogP contribution in [0.15, 0.2) is 35.6 Å². The van der Waals surface area contributed by atoms with Gasteiger partial charge in [0.1, 0.15) is 24.1 Å². The van der Waals surface area contributed by atoms with E-state index in [1.807, 2.05) is 14.0 Å². The number of aryl methyl sites for hydroxylation is 1. The summed E-state index contributed by atoms with van der Waals surface area (Å²) in [6.07, 6.45) is 1.44. The molecule has 2 atom stereocenters. The van der Waals surface area contributed by atoms with E-state index >= 15 is 0 Å². The third-order valence-electron chi connectivity index (χ3n) is 4.22. The molecule has 2 unspecified atom stereocenters. The van der Waals surface area contributed by atoms with Crippen molar-refractivity contribution in [3.05, 3.63) is 47.8 Å².